The second kappa shape index (κ2) is 6.78. The zero-order valence-corrected chi connectivity index (χ0v) is 11.7. The molecule has 4 nitrogen and oxygen atoms in total. The van der Waals surface area contributed by atoms with Crippen LogP contribution in [0.25, 0.3) is 0 Å². The first-order chi connectivity index (χ1) is 9.22. The van der Waals surface area contributed by atoms with Crippen LogP contribution in [-0.4, -0.2) is 30.6 Å². The van der Waals surface area contributed by atoms with Crippen LogP contribution in [0.1, 0.15) is 32.3 Å². The molecule has 1 aromatic rings. The highest BCUT2D eigenvalue weighted by atomic mass is 16.7. The first-order valence-corrected chi connectivity index (χ1v) is 6.98. The monoisotopic (exact) mass is 265 g/mol. The van der Waals surface area contributed by atoms with Crippen molar-refractivity contribution in [2.45, 2.75) is 45.2 Å². The highest BCUT2D eigenvalue weighted by Crippen LogP contribution is 2.32. The zero-order chi connectivity index (χ0) is 13.7. The van der Waals surface area contributed by atoms with Crippen LogP contribution in [0.3, 0.4) is 0 Å². The predicted molar refractivity (Wildman–Crippen MR) is 74.6 cm³/mol. The number of benzene rings is 1. The molecule has 0 saturated carbocycles. The van der Waals surface area contributed by atoms with Gasteiger partial charge in [0.15, 0.2) is 11.5 Å². The van der Waals surface area contributed by atoms with Crippen LogP contribution >= 0.6 is 0 Å². The number of hydrogen-bond donors (Lipinski definition) is 2. The molecule has 0 radical (unpaired) electrons. The molecule has 2 rings (SSSR count). The quantitative estimate of drug-likeness (QED) is 0.792. The summed E-state index contributed by atoms with van der Waals surface area (Å²) >= 11 is 0. The van der Waals surface area contributed by atoms with Crippen LogP contribution in [0, 0.1) is 0 Å². The fourth-order valence-corrected chi connectivity index (χ4v) is 2.26. The van der Waals surface area contributed by atoms with Gasteiger partial charge in [0.25, 0.3) is 0 Å². The van der Waals surface area contributed by atoms with Crippen LogP contribution in [0.15, 0.2) is 18.2 Å². The Labute approximate surface area is 114 Å². The lowest BCUT2D eigenvalue weighted by Crippen LogP contribution is -2.38. The molecule has 0 saturated heterocycles. The van der Waals surface area contributed by atoms with Gasteiger partial charge >= 0.3 is 0 Å². The van der Waals surface area contributed by atoms with Crippen molar-refractivity contribution in [3.05, 3.63) is 23.8 Å². The van der Waals surface area contributed by atoms with E-state index in [1.807, 2.05) is 6.07 Å². The number of ether oxygens (including phenoxy) is 2. The maximum Gasteiger partial charge on any atom is 0.231 e. The Balaban J connectivity index is 1.81. The molecule has 0 aliphatic carbocycles. The predicted octanol–water partition coefficient (Wildman–Crippen LogP) is 2.10. The standard InChI is InChI=1S/C15H23NO3/c1-3-13(9-17)16-11(2)4-5-12-6-7-14-15(8-12)19-10-18-14/h6-8,11,13,16-17H,3-5,9-10H2,1-2H3/t11?,13-/m1/s1. The minimum absolute atomic E-state index is 0.199. The van der Waals surface area contributed by atoms with Gasteiger partial charge in [0, 0.05) is 12.1 Å². The van der Waals surface area contributed by atoms with Gasteiger partial charge in [0.2, 0.25) is 6.79 Å². The average Bonchev–Trinajstić information content (AvgIpc) is 2.89. The molecule has 19 heavy (non-hydrogen) atoms. The number of rotatable bonds is 7. The lowest BCUT2D eigenvalue weighted by molar-refractivity contribution is 0.174. The summed E-state index contributed by atoms with van der Waals surface area (Å²) in [5.74, 6) is 1.68. The fraction of sp³-hybridized carbons (Fsp3) is 0.600. The maximum atomic E-state index is 9.17. The maximum absolute atomic E-state index is 9.17. The number of hydrogen-bond acceptors (Lipinski definition) is 4. The van der Waals surface area contributed by atoms with Crippen LogP contribution in [-0.2, 0) is 6.42 Å². The minimum Gasteiger partial charge on any atom is -0.454 e. The van der Waals surface area contributed by atoms with E-state index in [-0.39, 0.29) is 12.6 Å². The van der Waals surface area contributed by atoms with E-state index < -0.39 is 0 Å². The Hall–Kier alpha value is -1.26. The van der Waals surface area contributed by atoms with Gasteiger partial charge in [0.1, 0.15) is 0 Å². The average molecular weight is 265 g/mol. The van der Waals surface area contributed by atoms with Gasteiger partial charge in [-0.1, -0.05) is 13.0 Å². The molecular formula is C15H23NO3. The second-order valence-corrected chi connectivity index (χ2v) is 5.08. The third-order valence-corrected chi connectivity index (χ3v) is 3.54. The van der Waals surface area contributed by atoms with Crippen molar-refractivity contribution in [2.24, 2.45) is 0 Å². The molecule has 1 unspecified atom stereocenters. The molecule has 4 heteroatoms. The zero-order valence-electron chi connectivity index (χ0n) is 11.7. The number of fused-ring (bicyclic) bond motifs is 1. The molecular weight excluding hydrogens is 242 g/mol. The normalized spacial score (nSPS) is 16.4. The Morgan fingerprint density at radius 3 is 2.84 bits per heavy atom. The van der Waals surface area contributed by atoms with Crippen molar-refractivity contribution in [2.75, 3.05) is 13.4 Å². The molecule has 0 amide bonds. The van der Waals surface area contributed by atoms with E-state index in [9.17, 15) is 5.11 Å². The van der Waals surface area contributed by atoms with Gasteiger partial charge in [-0.25, -0.2) is 0 Å². The molecule has 1 aromatic carbocycles. The van der Waals surface area contributed by atoms with Crippen LogP contribution in [0.5, 0.6) is 11.5 Å². The molecule has 2 N–H and O–H groups in total. The molecule has 0 spiro atoms. The van der Waals surface area contributed by atoms with Gasteiger partial charge in [-0.05, 0) is 43.9 Å². The van der Waals surface area contributed by atoms with Gasteiger partial charge < -0.3 is 19.9 Å². The molecule has 106 valence electrons. The summed E-state index contributed by atoms with van der Waals surface area (Å²) in [7, 11) is 0. The number of aliphatic hydroxyl groups excluding tert-OH is 1. The van der Waals surface area contributed by atoms with Crippen molar-refractivity contribution in [3.63, 3.8) is 0 Å². The largest absolute Gasteiger partial charge is 0.454 e. The fourth-order valence-electron chi connectivity index (χ4n) is 2.26. The van der Waals surface area contributed by atoms with E-state index in [0.29, 0.717) is 12.8 Å². The summed E-state index contributed by atoms with van der Waals surface area (Å²) in [5.41, 5.74) is 1.26. The Bertz CT molecular complexity index is 404. The van der Waals surface area contributed by atoms with E-state index >= 15 is 0 Å². The van der Waals surface area contributed by atoms with Crippen molar-refractivity contribution in [3.8, 4) is 11.5 Å². The van der Waals surface area contributed by atoms with E-state index in [4.69, 9.17) is 9.47 Å². The Morgan fingerprint density at radius 2 is 2.11 bits per heavy atom. The summed E-state index contributed by atoms with van der Waals surface area (Å²) in [6, 6.07) is 6.70. The molecule has 1 aliphatic rings. The molecule has 0 fully saturated rings. The van der Waals surface area contributed by atoms with Crippen LogP contribution < -0.4 is 14.8 Å². The van der Waals surface area contributed by atoms with Gasteiger partial charge in [-0.2, -0.15) is 0 Å². The SMILES string of the molecule is CC[C@H](CO)NC(C)CCc1ccc2c(c1)OCO2. The summed E-state index contributed by atoms with van der Waals surface area (Å²) in [5, 5.41) is 12.6. The van der Waals surface area contributed by atoms with E-state index in [1.165, 1.54) is 5.56 Å². The van der Waals surface area contributed by atoms with Crippen molar-refractivity contribution < 1.29 is 14.6 Å². The smallest absolute Gasteiger partial charge is 0.231 e. The van der Waals surface area contributed by atoms with E-state index in [1.54, 1.807) is 0 Å². The van der Waals surface area contributed by atoms with Gasteiger partial charge in [0.05, 0.1) is 6.61 Å². The second-order valence-electron chi connectivity index (χ2n) is 5.08. The topological polar surface area (TPSA) is 50.7 Å². The minimum atomic E-state index is 0.199. The Morgan fingerprint density at radius 1 is 1.32 bits per heavy atom. The van der Waals surface area contributed by atoms with Crippen LogP contribution in [0.4, 0.5) is 0 Å². The molecule has 1 heterocycles. The third-order valence-electron chi connectivity index (χ3n) is 3.54. The van der Waals surface area contributed by atoms with Crippen molar-refractivity contribution in [1.29, 1.82) is 0 Å². The molecule has 2 atom stereocenters. The lowest BCUT2D eigenvalue weighted by atomic mass is 10.0. The summed E-state index contributed by atoms with van der Waals surface area (Å²) < 4.78 is 10.7. The lowest BCUT2D eigenvalue weighted by Gasteiger charge is -2.20. The Kier molecular flexibility index (Phi) is 5.05. The van der Waals surface area contributed by atoms with Gasteiger partial charge in [-0.3, -0.25) is 0 Å². The summed E-state index contributed by atoms with van der Waals surface area (Å²) in [6.45, 7) is 4.76. The molecule has 0 bridgehead atoms. The first-order valence-electron chi connectivity index (χ1n) is 6.98. The third kappa shape index (κ3) is 3.85. The van der Waals surface area contributed by atoms with Gasteiger partial charge in [-0.15, -0.1) is 0 Å². The van der Waals surface area contributed by atoms with Crippen molar-refractivity contribution >= 4 is 0 Å². The number of aryl methyl sites for hydroxylation is 1. The highest BCUT2D eigenvalue weighted by molar-refractivity contribution is 5.44. The number of nitrogens with one attached hydrogen (secondary N) is 1. The summed E-state index contributed by atoms with van der Waals surface area (Å²) in [6.07, 6.45) is 2.98. The molecule has 0 aromatic heterocycles. The van der Waals surface area contributed by atoms with E-state index in [2.05, 4.69) is 31.3 Å². The summed E-state index contributed by atoms with van der Waals surface area (Å²) in [4.78, 5) is 0. The highest BCUT2D eigenvalue weighted by Gasteiger charge is 2.14. The molecule has 1 aliphatic heterocycles. The first kappa shape index (κ1) is 14.2. The van der Waals surface area contributed by atoms with E-state index in [0.717, 1.165) is 30.8 Å². The van der Waals surface area contributed by atoms with Crippen LogP contribution in [0.2, 0.25) is 0 Å². The number of aliphatic hydroxyl groups is 1. The van der Waals surface area contributed by atoms with Crippen molar-refractivity contribution in [1.82, 2.24) is 5.32 Å².